The van der Waals surface area contributed by atoms with E-state index in [1.54, 1.807) is 6.92 Å². The van der Waals surface area contributed by atoms with Gasteiger partial charge < -0.3 is 10.3 Å². The highest BCUT2D eigenvalue weighted by atomic mass is 16.1. The number of carbonyl (C=O) groups excluding carboxylic acids is 1. The van der Waals surface area contributed by atoms with Gasteiger partial charge in [-0.1, -0.05) is 48.5 Å². The number of Topliss-reactive ketones (excluding diaryl/α,β-unsaturated/α-hetero) is 1. The minimum Gasteiger partial charge on any atom is -0.383 e. The van der Waals surface area contributed by atoms with Crippen LogP contribution in [0.5, 0.6) is 0 Å². The number of hydrogen-bond acceptors (Lipinski definition) is 5. The number of carbonyl (C=O) groups is 1. The van der Waals surface area contributed by atoms with Crippen LogP contribution in [0, 0.1) is 5.92 Å². The monoisotopic (exact) mass is 433 g/mol. The van der Waals surface area contributed by atoms with Gasteiger partial charge in [0.1, 0.15) is 23.6 Å². The van der Waals surface area contributed by atoms with Crippen LogP contribution < -0.4 is 5.73 Å². The fourth-order valence-corrected chi connectivity index (χ4v) is 4.81. The number of fused-ring (bicyclic) bond motifs is 2. The van der Waals surface area contributed by atoms with E-state index < -0.39 is 0 Å². The average Bonchev–Trinajstić information content (AvgIpc) is 3.18. The molecule has 0 radical (unpaired) electrons. The molecule has 0 saturated heterocycles. The quantitative estimate of drug-likeness (QED) is 0.408. The third-order valence-electron chi connectivity index (χ3n) is 6.79. The third-order valence-corrected chi connectivity index (χ3v) is 6.79. The smallest absolute Gasteiger partial charge is 0.146 e. The minimum absolute atomic E-state index is 0.136. The number of ketones is 1. The number of benzene rings is 2. The molecular formula is C27H23N5O. The second kappa shape index (κ2) is 7.52. The fraction of sp³-hybridized carbons (Fsp3) is 0.185. The zero-order chi connectivity index (χ0) is 22.5. The Balaban J connectivity index is 1.47. The first kappa shape index (κ1) is 19.6. The normalized spacial score (nSPS) is 17.8. The molecule has 3 heterocycles. The van der Waals surface area contributed by atoms with Gasteiger partial charge in [-0.15, -0.1) is 0 Å². The molecule has 2 N–H and O–H groups in total. The van der Waals surface area contributed by atoms with Crippen LogP contribution in [-0.4, -0.2) is 25.3 Å². The minimum atomic E-state index is 0.136. The van der Waals surface area contributed by atoms with Gasteiger partial charge in [-0.25, -0.2) is 15.0 Å². The van der Waals surface area contributed by atoms with Crippen molar-refractivity contribution in [3.05, 3.63) is 73.2 Å². The first-order valence-corrected chi connectivity index (χ1v) is 11.2. The number of anilines is 1. The van der Waals surface area contributed by atoms with Gasteiger partial charge in [0.15, 0.2) is 0 Å². The van der Waals surface area contributed by atoms with Crippen LogP contribution in [0.15, 0.2) is 73.2 Å². The van der Waals surface area contributed by atoms with E-state index in [0.29, 0.717) is 5.82 Å². The molecule has 6 heteroatoms. The van der Waals surface area contributed by atoms with Crippen LogP contribution >= 0.6 is 0 Å². The number of nitrogens with two attached hydrogens (primary N) is 1. The van der Waals surface area contributed by atoms with Gasteiger partial charge in [0.05, 0.1) is 16.6 Å². The van der Waals surface area contributed by atoms with Crippen LogP contribution in [-0.2, 0) is 4.79 Å². The standard InChI is InChI=1S/C27H23N5O/c1-16(33)20-11-21(12-20)32-14-22(25-26(28)29-15-30-27(25)32)19-8-7-18-9-10-23(31-24(18)13-19)17-5-3-2-4-6-17/h2-10,13-15,20-21H,11-12H2,1H3,(H2,28,29,30)/t20-,21+. The molecule has 33 heavy (non-hydrogen) atoms. The number of pyridine rings is 1. The molecule has 2 aromatic carbocycles. The Morgan fingerprint density at radius 2 is 1.79 bits per heavy atom. The maximum atomic E-state index is 11.7. The zero-order valence-corrected chi connectivity index (χ0v) is 18.3. The Labute approximate surface area is 191 Å². The van der Waals surface area contributed by atoms with E-state index in [4.69, 9.17) is 10.7 Å². The number of rotatable bonds is 4. The van der Waals surface area contributed by atoms with Crippen LogP contribution in [0.1, 0.15) is 25.8 Å². The SMILES string of the molecule is CC(=O)[C@H]1C[C@@H](n2cc(-c3ccc4ccc(-c5ccccc5)nc4c3)c3c(N)ncnc32)C1. The maximum Gasteiger partial charge on any atom is 0.146 e. The van der Waals surface area contributed by atoms with Crippen LogP contribution in [0.4, 0.5) is 5.82 Å². The predicted octanol–water partition coefficient (Wildman–Crippen LogP) is 5.44. The van der Waals surface area contributed by atoms with E-state index in [-0.39, 0.29) is 17.7 Å². The lowest BCUT2D eigenvalue weighted by Gasteiger charge is -2.34. The maximum absolute atomic E-state index is 11.7. The van der Waals surface area contributed by atoms with Crippen molar-refractivity contribution in [1.82, 2.24) is 19.5 Å². The summed E-state index contributed by atoms with van der Waals surface area (Å²) in [5.74, 6) is 0.852. The summed E-state index contributed by atoms with van der Waals surface area (Å²) in [5, 5.41) is 1.93. The summed E-state index contributed by atoms with van der Waals surface area (Å²) in [5.41, 5.74) is 12.1. The van der Waals surface area contributed by atoms with E-state index >= 15 is 0 Å². The summed E-state index contributed by atoms with van der Waals surface area (Å²) >= 11 is 0. The Morgan fingerprint density at radius 3 is 2.58 bits per heavy atom. The van der Waals surface area contributed by atoms with E-state index in [9.17, 15) is 4.79 Å². The van der Waals surface area contributed by atoms with Gasteiger partial charge in [-0.2, -0.15) is 0 Å². The van der Waals surface area contributed by atoms with Crippen molar-refractivity contribution >= 4 is 33.5 Å². The Kier molecular flexibility index (Phi) is 4.47. The summed E-state index contributed by atoms with van der Waals surface area (Å²) in [7, 11) is 0. The third kappa shape index (κ3) is 3.26. The molecule has 5 aromatic rings. The van der Waals surface area contributed by atoms with Gasteiger partial charge in [-0.05, 0) is 37.5 Å². The second-order valence-corrected chi connectivity index (χ2v) is 8.81. The summed E-state index contributed by atoms with van der Waals surface area (Å²) in [6, 6.07) is 20.9. The lowest BCUT2D eigenvalue weighted by atomic mass is 9.78. The Hall–Kier alpha value is -4.06. The van der Waals surface area contributed by atoms with Crippen molar-refractivity contribution < 1.29 is 4.79 Å². The summed E-state index contributed by atoms with van der Waals surface area (Å²) in [4.78, 5) is 25.5. The van der Waals surface area contributed by atoms with Gasteiger partial charge in [0.25, 0.3) is 0 Å². The highest BCUT2D eigenvalue weighted by Gasteiger charge is 2.35. The fourth-order valence-electron chi connectivity index (χ4n) is 4.81. The molecule has 6 nitrogen and oxygen atoms in total. The average molecular weight is 434 g/mol. The van der Waals surface area contributed by atoms with Crippen molar-refractivity contribution in [2.24, 2.45) is 5.92 Å². The topological polar surface area (TPSA) is 86.7 Å². The lowest BCUT2D eigenvalue weighted by Crippen LogP contribution is -2.31. The van der Waals surface area contributed by atoms with Gasteiger partial charge >= 0.3 is 0 Å². The van der Waals surface area contributed by atoms with Crippen LogP contribution in [0.3, 0.4) is 0 Å². The second-order valence-electron chi connectivity index (χ2n) is 8.81. The Morgan fingerprint density at radius 1 is 1.00 bits per heavy atom. The summed E-state index contributed by atoms with van der Waals surface area (Å²) in [6.45, 7) is 1.67. The molecular weight excluding hydrogens is 410 g/mol. The highest BCUT2D eigenvalue weighted by Crippen LogP contribution is 2.43. The Bertz CT molecular complexity index is 1520. The summed E-state index contributed by atoms with van der Waals surface area (Å²) < 4.78 is 2.17. The molecule has 1 fully saturated rings. The van der Waals surface area contributed by atoms with Gasteiger partial charge in [0, 0.05) is 34.7 Å². The molecule has 0 atom stereocenters. The molecule has 0 spiro atoms. The molecule has 1 aliphatic rings. The van der Waals surface area contributed by atoms with E-state index in [1.807, 2.05) is 18.2 Å². The predicted molar refractivity (Wildman–Crippen MR) is 131 cm³/mol. The lowest BCUT2D eigenvalue weighted by molar-refractivity contribution is -0.124. The zero-order valence-electron chi connectivity index (χ0n) is 18.3. The van der Waals surface area contributed by atoms with Crippen molar-refractivity contribution in [2.75, 3.05) is 5.73 Å². The number of nitrogens with zero attached hydrogens (tertiary/aromatic N) is 4. The molecule has 0 aliphatic heterocycles. The van der Waals surface area contributed by atoms with Crippen LogP contribution in [0.2, 0.25) is 0 Å². The first-order valence-electron chi connectivity index (χ1n) is 11.2. The number of hydrogen-bond donors (Lipinski definition) is 1. The largest absolute Gasteiger partial charge is 0.383 e. The van der Waals surface area contributed by atoms with Gasteiger partial charge in [-0.3, -0.25) is 4.79 Å². The molecule has 0 unspecified atom stereocenters. The van der Waals surface area contributed by atoms with Crippen molar-refractivity contribution in [3.63, 3.8) is 0 Å². The van der Waals surface area contributed by atoms with Gasteiger partial charge in [0.2, 0.25) is 0 Å². The van der Waals surface area contributed by atoms with Crippen molar-refractivity contribution in [2.45, 2.75) is 25.8 Å². The van der Waals surface area contributed by atoms with E-state index in [1.165, 1.54) is 6.33 Å². The molecule has 1 saturated carbocycles. The molecule has 0 amide bonds. The number of nitrogen functional groups attached to an aromatic ring is 1. The molecule has 0 bridgehead atoms. The van der Waals surface area contributed by atoms with Crippen molar-refractivity contribution in [3.8, 4) is 22.4 Å². The molecule has 3 aromatic heterocycles. The van der Waals surface area contributed by atoms with Crippen molar-refractivity contribution in [1.29, 1.82) is 0 Å². The molecule has 6 rings (SSSR count). The van der Waals surface area contributed by atoms with E-state index in [0.717, 1.165) is 57.2 Å². The highest BCUT2D eigenvalue weighted by molar-refractivity contribution is 6.02. The van der Waals surface area contributed by atoms with Crippen LogP contribution in [0.25, 0.3) is 44.3 Å². The number of aromatic nitrogens is 4. The summed E-state index contributed by atoms with van der Waals surface area (Å²) in [6.07, 6.45) is 5.29. The first-order chi connectivity index (χ1) is 16.1. The molecule has 1 aliphatic carbocycles. The molecule has 162 valence electrons. The van der Waals surface area contributed by atoms with E-state index in [2.05, 4.69) is 63.2 Å².